The number of amides is 1. The van der Waals surface area contributed by atoms with Crippen molar-refractivity contribution < 1.29 is 4.79 Å². The number of hydrogen-bond donors (Lipinski definition) is 0. The molecule has 2 saturated heterocycles. The van der Waals surface area contributed by atoms with Crippen molar-refractivity contribution in [1.82, 2.24) is 9.80 Å². The maximum atomic E-state index is 12.8. The molecule has 2 atom stereocenters. The molecule has 138 valence electrons. The molecule has 5 heteroatoms. The lowest BCUT2D eigenvalue weighted by Gasteiger charge is -2.28. The number of benzene rings is 1. The Labute approximate surface area is 164 Å². The predicted molar refractivity (Wildman–Crippen MR) is 109 cm³/mol. The average molecular weight is 389 g/mol. The molecule has 0 unspecified atom stereocenters. The van der Waals surface area contributed by atoms with E-state index in [4.69, 9.17) is 11.6 Å². The Hall–Kier alpha value is -1.36. The molecule has 3 nitrogen and oxygen atoms in total. The predicted octanol–water partition coefficient (Wildman–Crippen LogP) is 5.07. The molecule has 1 aromatic carbocycles. The second-order valence-electron chi connectivity index (χ2n) is 7.44. The highest BCUT2D eigenvalue weighted by Gasteiger charge is 2.39. The molecule has 0 saturated carbocycles. The van der Waals surface area contributed by atoms with E-state index in [-0.39, 0.29) is 12.0 Å². The Kier molecular flexibility index (Phi) is 5.35. The van der Waals surface area contributed by atoms with E-state index < -0.39 is 0 Å². The number of carbonyl (C=O) groups is 1. The summed E-state index contributed by atoms with van der Waals surface area (Å²) in [6.07, 6.45) is 4.80. The van der Waals surface area contributed by atoms with E-state index in [1.165, 1.54) is 29.0 Å². The van der Waals surface area contributed by atoms with Gasteiger partial charge >= 0.3 is 0 Å². The SMILES string of the molecule is CN1C(=O)[C@@H](CN2CCCCC2)C[C@H]1c1ccc(-c2ccccc2Cl)s1. The fourth-order valence-electron chi connectivity index (χ4n) is 4.22. The monoisotopic (exact) mass is 388 g/mol. The molecule has 2 aliphatic heterocycles. The van der Waals surface area contributed by atoms with Crippen LogP contribution in [-0.2, 0) is 4.79 Å². The van der Waals surface area contributed by atoms with Crippen molar-refractivity contribution in [2.45, 2.75) is 31.7 Å². The summed E-state index contributed by atoms with van der Waals surface area (Å²) in [5.41, 5.74) is 1.07. The zero-order valence-electron chi connectivity index (χ0n) is 15.2. The third kappa shape index (κ3) is 3.55. The van der Waals surface area contributed by atoms with Crippen LogP contribution >= 0.6 is 22.9 Å². The lowest BCUT2D eigenvalue weighted by molar-refractivity contribution is -0.131. The van der Waals surface area contributed by atoms with Gasteiger partial charge in [0.2, 0.25) is 5.91 Å². The van der Waals surface area contributed by atoms with Crippen LogP contribution in [0.3, 0.4) is 0 Å². The molecule has 0 N–H and O–H groups in total. The van der Waals surface area contributed by atoms with Gasteiger partial charge in [-0.05, 0) is 50.6 Å². The first kappa shape index (κ1) is 18.0. The van der Waals surface area contributed by atoms with Crippen LogP contribution in [0.2, 0.25) is 5.02 Å². The van der Waals surface area contributed by atoms with Crippen LogP contribution in [0.1, 0.15) is 36.6 Å². The largest absolute Gasteiger partial charge is 0.338 e. The first-order valence-electron chi connectivity index (χ1n) is 9.47. The molecule has 0 bridgehead atoms. The molecule has 1 aromatic heterocycles. The van der Waals surface area contributed by atoms with Crippen molar-refractivity contribution in [1.29, 1.82) is 0 Å². The first-order valence-corrected chi connectivity index (χ1v) is 10.7. The molecule has 3 heterocycles. The van der Waals surface area contributed by atoms with Crippen LogP contribution in [0.4, 0.5) is 0 Å². The number of hydrogen-bond acceptors (Lipinski definition) is 3. The number of thiophene rings is 1. The van der Waals surface area contributed by atoms with Gasteiger partial charge in [-0.2, -0.15) is 0 Å². The Morgan fingerprint density at radius 2 is 1.88 bits per heavy atom. The zero-order chi connectivity index (χ0) is 18.1. The minimum atomic E-state index is 0.133. The lowest BCUT2D eigenvalue weighted by atomic mass is 10.0. The van der Waals surface area contributed by atoms with Gasteiger partial charge in [-0.3, -0.25) is 4.79 Å². The molecule has 2 fully saturated rings. The van der Waals surface area contributed by atoms with Crippen LogP contribution in [0.5, 0.6) is 0 Å². The van der Waals surface area contributed by atoms with E-state index in [0.717, 1.165) is 36.6 Å². The third-order valence-corrected chi connectivity index (χ3v) is 7.24. The Bertz CT molecular complexity index is 784. The minimum Gasteiger partial charge on any atom is -0.338 e. The molecule has 0 radical (unpaired) electrons. The van der Waals surface area contributed by atoms with E-state index in [1.54, 1.807) is 11.3 Å². The van der Waals surface area contributed by atoms with Crippen LogP contribution in [0.15, 0.2) is 36.4 Å². The summed E-state index contributed by atoms with van der Waals surface area (Å²) >= 11 is 8.11. The van der Waals surface area contributed by atoms with Gasteiger partial charge in [0, 0.05) is 33.9 Å². The quantitative estimate of drug-likeness (QED) is 0.729. The summed E-state index contributed by atoms with van der Waals surface area (Å²) in [7, 11) is 1.96. The van der Waals surface area contributed by atoms with E-state index >= 15 is 0 Å². The highest BCUT2D eigenvalue weighted by molar-refractivity contribution is 7.15. The fraction of sp³-hybridized carbons (Fsp3) is 0.476. The number of halogens is 1. The van der Waals surface area contributed by atoms with Gasteiger partial charge in [-0.15, -0.1) is 11.3 Å². The standard InChI is InChI=1S/C21H25ClN2OS/c1-23-18(13-15(21(23)25)14-24-11-5-2-6-12-24)20-10-9-19(26-20)16-7-3-4-8-17(16)22/h3-4,7-10,15,18H,2,5-6,11-14H2,1H3/t15-,18+/m1/s1. The number of likely N-dealkylation sites (tertiary alicyclic amines) is 2. The summed E-state index contributed by atoms with van der Waals surface area (Å²) in [4.78, 5) is 19.6. The summed E-state index contributed by atoms with van der Waals surface area (Å²) in [6.45, 7) is 3.21. The maximum absolute atomic E-state index is 12.8. The summed E-state index contributed by atoms with van der Waals surface area (Å²) < 4.78 is 0. The molecule has 26 heavy (non-hydrogen) atoms. The molecule has 2 aromatic rings. The van der Waals surface area contributed by atoms with Crippen molar-refractivity contribution in [3.05, 3.63) is 46.3 Å². The first-order chi connectivity index (χ1) is 12.6. The maximum Gasteiger partial charge on any atom is 0.227 e. The van der Waals surface area contributed by atoms with Crippen LogP contribution in [0.25, 0.3) is 10.4 Å². The highest BCUT2D eigenvalue weighted by atomic mass is 35.5. The summed E-state index contributed by atoms with van der Waals surface area (Å²) in [6, 6.07) is 12.4. The zero-order valence-corrected chi connectivity index (χ0v) is 16.7. The summed E-state index contributed by atoms with van der Waals surface area (Å²) in [5, 5.41) is 0.778. The van der Waals surface area contributed by atoms with E-state index in [2.05, 4.69) is 23.1 Å². The van der Waals surface area contributed by atoms with Gasteiger partial charge < -0.3 is 9.80 Å². The Balaban J connectivity index is 1.49. The van der Waals surface area contributed by atoms with E-state index in [9.17, 15) is 4.79 Å². The van der Waals surface area contributed by atoms with Crippen LogP contribution in [-0.4, -0.2) is 42.4 Å². The molecule has 1 amide bonds. The van der Waals surface area contributed by atoms with Crippen molar-refractivity contribution in [3.8, 4) is 10.4 Å². The average Bonchev–Trinajstić information content (AvgIpc) is 3.24. The Morgan fingerprint density at radius 3 is 2.65 bits per heavy atom. The van der Waals surface area contributed by atoms with Crippen molar-refractivity contribution in [2.24, 2.45) is 5.92 Å². The smallest absolute Gasteiger partial charge is 0.227 e. The van der Waals surface area contributed by atoms with E-state index in [0.29, 0.717) is 5.91 Å². The highest BCUT2D eigenvalue weighted by Crippen LogP contribution is 2.42. The van der Waals surface area contributed by atoms with E-state index in [1.807, 2.05) is 30.1 Å². The van der Waals surface area contributed by atoms with Gasteiger partial charge in [-0.1, -0.05) is 36.2 Å². The lowest BCUT2D eigenvalue weighted by Crippen LogP contribution is -2.36. The topological polar surface area (TPSA) is 23.6 Å². The molecular formula is C21H25ClN2OS. The van der Waals surface area contributed by atoms with Gasteiger partial charge in [0.25, 0.3) is 0 Å². The molecule has 0 aliphatic carbocycles. The van der Waals surface area contributed by atoms with Gasteiger partial charge in [0.05, 0.1) is 12.0 Å². The molecule has 2 aliphatic rings. The normalized spacial score (nSPS) is 24.4. The minimum absolute atomic E-state index is 0.133. The van der Waals surface area contributed by atoms with Gasteiger partial charge in [-0.25, -0.2) is 0 Å². The van der Waals surface area contributed by atoms with Crippen molar-refractivity contribution in [3.63, 3.8) is 0 Å². The second kappa shape index (κ2) is 7.71. The van der Waals surface area contributed by atoms with Crippen LogP contribution < -0.4 is 0 Å². The second-order valence-corrected chi connectivity index (χ2v) is 8.96. The van der Waals surface area contributed by atoms with Gasteiger partial charge in [0.1, 0.15) is 0 Å². The molecular weight excluding hydrogens is 364 g/mol. The van der Waals surface area contributed by atoms with Gasteiger partial charge in [0.15, 0.2) is 0 Å². The van der Waals surface area contributed by atoms with Crippen molar-refractivity contribution >= 4 is 28.8 Å². The Morgan fingerprint density at radius 1 is 1.12 bits per heavy atom. The number of nitrogens with zero attached hydrogens (tertiary/aromatic N) is 2. The van der Waals surface area contributed by atoms with Crippen molar-refractivity contribution in [2.75, 3.05) is 26.7 Å². The third-order valence-electron chi connectivity index (χ3n) is 5.69. The summed E-state index contributed by atoms with van der Waals surface area (Å²) in [5.74, 6) is 0.433. The van der Waals surface area contributed by atoms with Crippen LogP contribution in [0, 0.1) is 5.92 Å². The number of rotatable bonds is 4. The fourth-order valence-corrected chi connectivity index (χ4v) is 5.72. The molecule has 4 rings (SSSR count). The molecule has 0 spiro atoms. The number of piperidine rings is 1. The number of carbonyl (C=O) groups excluding carboxylic acids is 1.